The standard InChI is InChI=1S/C20H27F3N6.HI/c1-2-25-19(27-18-7-9-28(13-18)14-20(21,22)23)26-11-16-3-5-17(6-4-16)12-29-10-8-24-15-29;/h3-6,8,10,15,18H,2,7,9,11-14H2,1H3,(H2,25,26,27);1H. The molecule has 3 rings (SSSR count). The van der Waals surface area contributed by atoms with Gasteiger partial charge in [0.05, 0.1) is 19.4 Å². The van der Waals surface area contributed by atoms with Gasteiger partial charge in [0.25, 0.3) is 0 Å². The molecule has 10 heteroatoms. The van der Waals surface area contributed by atoms with Crippen molar-refractivity contribution in [3.05, 3.63) is 54.1 Å². The quantitative estimate of drug-likeness (QED) is 0.324. The van der Waals surface area contributed by atoms with E-state index in [1.54, 1.807) is 12.5 Å². The van der Waals surface area contributed by atoms with Gasteiger partial charge in [0, 0.05) is 44.6 Å². The number of rotatable bonds is 7. The number of nitrogens with one attached hydrogen (secondary N) is 2. The van der Waals surface area contributed by atoms with E-state index >= 15 is 0 Å². The zero-order valence-electron chi connectivity index (χ0n) is 16.9. The van der Waals surface area contributed by atoms with E-state index in [9.17, 15) is 13.2 Å². The average Bonchev–Trinajstić information content (AvgIpc) is 3.32. The summed E-state index contributed by atoms with van der Waals surface area (Å²) < 4.78 is 39.7. The van der Waals surface area contributed by atoms with Crippen molar-refractivity contribution in [3.63, 3.8) is 0 Å². The molecule has 6 nitrogen and oxygen atoms in total. The first kappa shape index (κ1) is 24.4. The van der Waals surface area contributed by atoms with Crippen molar-refractivity contribution in [2.75, 3.05) is 26.2 Å². The molecule has 1 unspecified atom stereocenters. The van der Waals surface area contributed by atoms with E-state index in [0.29, 0.717) is 38.6 Å². The number of nitrogens with zero attached hydrogens (tertiary/aromatic N) is 4. The molecule has 2 heterocycles. The summed E-state index contributed by atoms with van der Waals surface area (Å²) >= 11 is 0. The Morgan fingerprint density at radius 2 is 1.97 bits per heavy atom. The molecular weight excluding hydrogens is 508 g/mol. The topological polar surface area (TPSA) is 57.5 Å². The Morgan fingerprint density at radius 1 is 1.23 bits per heavy atom. The van der Waals surface area contributed by atoms with Crippen LogP contribution in [-0.4, -0.2) is 58.8 Å². The van der Waals surface area contributed by atoms with Crippen LogP contribution in [0, 0.1) is 0 Å². The van der Waals surface area contributed by atoms with E-state index in [1.165, 1.54) is 10.5 Å². The zero-order valence-corrected chi connectivity index (χ0v) is 19.2. The molecule has 1 aromatic heterocycles. The smallest absolute Gasteiger partial charge is 0.357 e. The van der Waals surface area contributed by atoms with Gasteiger partial charge >= 0.3 is 6.18 Å². The fourth-order valence-corrected chi connectivity index (χ4v) is 3.37. The summed E-state index contributed by atoms with van der Waals surface area (Å²) in [7, 11) is 0. The summed E-state index contributed by atoms with van der Waals surface area (Å²) in [5, 5.41) is 6.44. The molecule has 1 aromatic carbocycles. The minimum atomic E-state index is -4.16. The average molecular weight is 536 g/mol. The maximum absolute atomic E-state index is 12.6. The fraction of sp³-hybridized carbons (Fsp3) is 0.500. The molecule has 0 bridgehead atoms. The third-order valence-electron chi connectivity index (χ3n) is 4.73. The van der Waals surface area contributed by atoms with Crippen LogP contribution in [0.2, 0.25) is 0 Å². The van der Waals surface area contributed by atoms with E-state index in [0.717, 1.165) is 12.1 Å². The van der Waals surface area contributed by atoms with Crippen LogP contribution in [0.25, 0.3) is 0 Å². The third-order valence-corrected chi connectivity index (χ3v) is 4.73. The second-order valence-corrected chi connectivity index (χ2v) is 7.23. The van der Waals surface area contributed by atoms with Gasteiger partial charge in [-0.1, -0.05) is 24.3 Å². The van der Waals surface area contributed by atoms with Crippen LogP contribution >= 0.6 is 24.0 Å². The highest BCUT2D eigenvalue weighted by Crippen LogP contribution is 2.20. The first-order valence-electron chi connectivity index (χ1n) is 9.79. The second-order valence-electron chi connectivity index (χ2n) is 7.23. The van der Waals surface area contributed by atoms with Crippen molar-refractivity contribution in [2.45, 2.75) is 38.7 Å². The van der Waals surface area contributed by atoms with Crippen LogP contribution in [0.15, 0.2) is 48.0 Å². The number of hydrogen-bond acceptors (Lipinski definition) is 3. The van der Waals surface area contributed by atoms with Crippen LogP contribution < -0.4 is 10.6 Å². The van der Waals surface area contributed by atoms with Crippen molar-refractivity contribution in [3.8, 4) is 0 Å². The minimum absolute atomic E-state index is 0. The molecule has 2 aromatic rings. The normalized spacial score (nSPS) is 17.6. The molecule has 0 aliphatic carbocycles. The summed E-state index contributed by atoms with van der Waals surface area (Å²) in [6.45, 7) is 3.87. The number of halogens is 4. The molecule has 0 amide bonds. The van der Waals surface area contributed by atoms with Crippen LogP contribution in [0.1, 0.15) is 24.5 Å². The molecule has 1 atom stereocenters. The first-order valence-corrected chi connectivity index (χ1v) is 9.79. The molecule has 1 saturated heterocycles. The largest absolute Gasteiger partial charge is 0.401 e. The Labute approximate surface area is 192 Å². The van der Waals surface area contributed by atoms with Gasteiger partial charge in [-0.25, -0.2) is 9.98 Å². The second kappa shape index (κ2) is 11.5. The maximum atomic E-state index is 12.6. The van der Waals surface area contributed by atoms with Crippen LogP contribution in [-0.2, 0) is 13.1 Å². The van der Waals surface area contributed by atoms with Gasteiger partial charge in [-0.3, -0.25) is 4.90 Å². The monoisotopic (exact) mass is 536 g/mol. The lowest BCUT2D eigenvalue weighted by atomic mass is 10.1. The number of aliphatic imine (C=N–C) groups is 1. The predicted octanol–water partition coefficient (Wildman–Crippen LogP) is 3.24. The Kier molecular flexibility index (Phi) is 9.40. The predicted molar refractivity (Wildman–Crippen MR) is 122 cm³/mol. The Bertz CT molecular complexity index is 777. The lowest BCUT2D eigenvalue weighted by molar-refractivity contribution is -0.143. The van der Waals surface area contributed by atoms with E-state index < -0.39 is 12.7 Å². The van der Waals surface area contributed by atoms with Crippen LogP contribution in [0.5, 0.6) is 0 Å². The summed E-state index contributed by atoms with van der Waals surface area (Å²) in [6, 6.07) is 8.18. The molecule has 1 aliphatic heterocycles. The van der Waals surface area contributed by atoms with Crippen molar-refractivity contribution in [1.82, 2.24) is 25.1 Å². The molecule has 0 saturated carbocycles. The number of imidazole rings is 1. The molecule has 2 N–H and O–H groups in total. The number of likely N-dealkylation sites (tertiary alicyclic amines) is 1. The van der Waals surface area contributed by atoms with Gasteiger partial charge in [0.15, 0.2) is 5.96 Å². The van der Waals surface area contributed by atoms with Gasteiger partial charge in [-0.05, 0) is 24.5 Å². The maximum Gasteiger partial charge on any atom is 0.401 e. The van der Waals surface area contributed by atoms with Gasteiger partial charge in [0.1, 0.15) is 0 Å². The van der Waals surface area contributed by atoms with E-state index in [1.807, 2.05) is 29.8 Å². The number of hydrogen-bond donors (Lipinski definition) is 2. The first-order chi connectivity index (χ1) is 13.9. The summed E-state index contributed by atoms with van der Waals surface area (Å²) in [5.41, 5.74) is 2.25. The van der Waals surface area contributed by atoms with Crippen molar-refractivity contribution < 1.29 is 13.2 Å². The van der Waals surface area contributed by atoms with Crippen LogP contribution in [0.3, 0.4) is 0 Å². The Balaban J connectivity index is 0.00000320. The molecular formula is C20H28F3IN6. The van der Waals surface area contributed by atoms with E-state index in [-0.39, 0.29) is 30.0 Å². The summed E-state index contributed by atoms with van der Waals surface area (Å²) in [5.74, 6) is 0.633. The molecule has 1 aliphatic rings. The zero-order chi connectivity index (χ0) is 20.7. The third kappa shape index (κ3) is 8.13. The highest BCUT2D eigenvalue weighted by molar-refractivity contribution is 14.0. The van der Waals surface area contributed by atoms with Crippen LogP contribution in [0.4, 0.5) is 13.2 Å². The highest BCUT2D eigenvalue weighted by atomic mass is 127. The highest BCUT2D eigenvalue weighted by Gasteiger charge is 2.34. The number of benzene rings is 1. The SMILES string of the molecule is CCNC(=NCc1ccc(Cn2ccnc2)cc1)NC1CCN(CC(F)(F)F)C1.I. The molecule has 166 valence electrons. The number of guanidine groups is 1. The van der Waals surface area contributed by atoms with E-state index in [2.05, 4.69) is 32.7 Å². The fourth-order valence-electron chi connectivity index (χ4n) is 3.37. The minimum Gasteiger partial charge on any atom is -0.357 e. The molecule has 0 radical (unpaired) electrons. The lowest BCUT2D eigenvalue weighted by Crippen LogP contribution is -2.45. The van der Waals surface area contributed by atoms with Crippen molar-refractivity contribution in [1.29, 1.82) is 0 Å². The molecule has 0 spiro atoms. The lowest BCUT2D eigenvalue weighted by Gasteiger charge is -2.19. The molecule has 30 heavy (non-hydrogen) atoms. The van der Waals surface area contributed by atoms with Gasteiger partial charge in [-0.2, -0.15) is 13.2 Å². The Hall–Kier alpha value is -1.82. The van der Waals surface area contributed by atoms with Gasteiger partial charge < -0.3 is 15.2 Å². The van der Waals surface area contributed by atoms with Gasteiger partial charge in [-0.15, -0.1) is 24.0 Å². The molecule has 1 fully saturated rings. The Morgan fingerprint density at radius 3 is 2.60 bits per heavy atom. The summed E-state index contributed by atoms with van der Waals surface area (Å²) in [4.78, 5) is 10.1. The van der Waals surface area contributed by atoms with Gasteiger partial charge in [0.2, 0.25) is 0 Å². The van der Waals surface area contributed by atoms with Crippen molar-refractivity contribution >= 4 is 29.9 Å². The van der Waals surface area contributed by atoms with Crippen molar-refractivity contribution in [2.24, 2.45) is 4.99 Å². The number of alkyl halides is 3. The number of aromatic nitrogens is 2. The van der Waals surface area contributed by atoms with E-state index in [4.69, 9.17) is 0 Å². The summed E-state index contributed by atoms with van der Waals surface area (Å²) in [6.07, 6.45) is 1.98.